The summed E-state index contributed by atoms with van der Waals surface area (Å²) in [6.45, 7) is 5.40. The average Bonchev–Trinajstić information content (AvgIpc) is 2.64. The number of thioether (sulfide) groups is 1. The van der Waals surface area contributed by atoms with Gasteiger partial charge >= 0.3 is 0 Å². The van der Waals surface area contributed by atoms with Crippen LogP contribution in [0.3, 0.4) is 0 Å². The minimum atomic E-state index is -0.145. The highest BCUT2D eigenvalue weighted by Crippen LogP contribution is 2.25. The van der Waals surface area contributed by atoms with Gasteiger partial charge in [-0.05, 0) is 56.3 Å². The Balaban J connectivity index is 1.90. The summed E-state index contributed by atoms with van der Waals surface area (Å²) < 4.78 is 5.61. The highest BCUT2D eigenvalue weighted by molar-refractivity contribution is 7.99. The van der Waals surface area contributed by atoms with Crippen molar-refractivity contribution in [2.45, 2.75) is 26.5 Å². The van der Waals surface area contributed by atoms with E-state index >= 15 is 0 Å². The molecular formula is C21H24N2O4S. The summed E-state index contributed by atoms with van der Waals surface area (Å²) in [4.78, 5) is 34.8. The summed E-state index contributed by atoms with van der Waals surface area (Å²) in [5.41, 5.74) is 2.86. The molecule has 2 aromatic rings. The molecule has 148 valence electrons. The number of ether oxygens (including phenoxy) is 1. The molecule has 2 rings (SSSR count). The van der Waals surface area contributed by atoms with Gasteiger partial charge in [-0.3, -0.25) is 14.4 Å². The molecule has 0 unspecified atom stereocenters. The summed E-state index contributed by atoms with van der Waals surface area (Å²) in [6.07, 6.45) is 0. The number of carbonyl (C=O) groups is 3. The van der Waals surface area contributed by atoms with Gasteiger partial charge < -0.3 is 15.4 Å². The van der Waals surface area contributed by atoms with Crippen LogP contribution in [0.5, 0.6) is 5.75 Å². The molecule has 0 aliphatic carbocycles. The number of hydrogen-bond donors (Lipinski definition) is 2. The smallest absolute Gasteiger partial charge is 0.234 e. The lowest BCUT2D eigenvalue weighted by Gasteiger charge is -2.11. The normalized spacial score (nSPS) is 10.2. The van der Waals surface area contributed by atoms with E-state index < -0.39 is 0 Å². The van der Waals surface area contributed by atoms with E-state index in [1.165, 1.54) is 25.6 Å². The van der Waals surface area contributed by atoms with E-state index in [0.29, 0.717) is 29.3 Å². The number of Topliss-reactive ketones (excluding diaryl/α,β-unsaturated/α-hetero) is 1. The molecule has 0 heterocycles. The molecule has 2 aromatic carbocycles. The Morgan fingerprint density at radius 1 is 0.964 bits per heavy atom. The predicted molar refractivity (Wildman–Crippen MR) is 113 cm³/mol. The Labute approximate surface area is 169 Å². The molecule has 2 N–H and O–H groups in total. The number of anilines is 2. The topological polar surface area (TPSA) is 84.5 Å². The summed E-state index contributed by atoms with van der Waals surface area (Å²) in [7, 11) is 0. The zero-order valence-electron chi connectivity index (χ0n) is 16.2. The van der Waals surface area contributed by atoms with Crippen molar-refractivity contribution in [2.75, 3.05) is 23.0 Å². The minimum absolute atomic E-state index is 0.00486. The number of hydrogen-bond acceptors (Lipinski definition) is 5. The van der Waals surface area contributed by atoms with E-state index in [1.807, 2.05) is 13.0 Å². The lowest BCUT2D eigenvalue weighted by molar-refractivity contribution is -0.114. The molecule has 0 bridgehead atoms. The predicted octanol–water partition coefficient (Wildman–Crippen LogP) is 4.12. The van der Waals surface area contributed by atoms with E-state index in [4.69, 9.17) is 4.74 Å². The molecule has 0 aliphatic heterocycles. The molecule has 28 heavy (non-hydrogen) atoms. The Morgan fingerprint density at radius 3 is 2.18 bits per heavy atom. The first-order valence-electron chi connectivity index (χ1n) is 8.91. The van der Waals surface area contributed by atoms with Crippen LogP contribution in [-0.4, -0.2) is 30.0 Å². The van der Waals surface area contributed by atoms with Gasteiger partial charge in [0.05, 0.1) is 12.4 Å². The molecule has 0 aromatic heterocycles. The van der Waals surface area contributed by atoms with Crippen molar-refractivity contribution in [1.82, 2.24) is 0 Å². The fourth-order valence-electron chi connectivity index (χ4n) is 2.50. The Bertz CT molecular complexity index is 850. The second-order valence-electron chi connectivity index (χ2n) is 6.11. The van der Waals surface area contributed by atoms with Crippen molar-refractivity contribution in [3.05, 3.63) is 53.6 Å². The zero-order valence-corrected chi connectivity index (χ0v) is 17.0. The van der Waals surface area contributed by atoms with E-state index in [-0.39, 0.29) is 23.4 Å². The Morgan fingerprint density at radius 2 is 1.61 bits per heavy atom. The molecule has 2 amide bonds. The first-order chi connectivity index (χ1) is 13.4. The van der Waals surface area contributed by atoms with Gasteiger partial charge in [-0.25, -0.2) is 0 Å². The maximum Gasteiger partial charge on any atom is 0.234 e. The fraction of sp³-hybridized carbons (Fsp3) is 0.286. The van der Waals surface area contributed by atoms with E-state index in [9.17, 15) is 14.4 Å². The summed E-state index contributed by atoms with van der Waals surface area (Å²) in [5.74, 6) is 1.28. The standard InChI is InChI=1S/C21H24N2O4S/c1-4-27-20-10-5-16(14(2)24)11-17(20)12-28-13-21(26)23-19-8-6-18(7-9-19)22-15(3)25/h5-11H,4,12-13H2,1-3H3,(H,22,25)(H,23,26). The van der Waals surface area contributed by atoms with E-state index in [1.54, 1.807) is 36.4 Å². The minimum Gasteiger partial charge on any atom is -0.494 e. The largest absolute Gasteiger partial charge is 0.494 e. The van der Waals surface area contributed by atoms with Crippen LogP contribution in [0.15, 0.2) is 42.5 Å². The molecule has 6 nitrogen and oxygen atoms in total. The van der Waals surface area contributed by atoms with Gasteiger partial charge in [0, 0.05) is 35.2 Å². The van der Waals surface area contributed by atoms with Gasteiger partial charge in [0.1, 0.15) is 5.75 Å². The number of nitrogens with one attached hydrogen (secondary N) is 2. The van der Waals surface area contributed by atoms with Crippen LogP contribution in [0.2, 0.25) is 0 Å². The van der Waals surface area contributed by atoms with Crippen LogP contribution >= 0.6 is 11.8 Å². The summed E-state index contributed by atoms with van der Waals surface area (Å²) >= 11 is 1.45. The van der Waals surface area contributed by atoms with Gasteiger partial charge in [0.25, 0.3) is 0 Å². The maximum absolute atomic E-state index is 12.2. The summed E-state index contributed by atoms with van der Waals surface area (Å²) in [6, 6.07) is 12.3. The molecule has 0 saturated heterocycles. The fourth-order valence-corrected chi connectivity index (χ4v) is 3.30. The number of ketones is 1. The molecule has 0 spiro atoms. The lowest BCUT2D eigenvalue weighted by atomic mass is 10.1. The molecule has 0 aliphatic rings. The van der Waals surface area contributed by atoms with Crippen molar-refractivity contribution in [3.8, 4) is 5.75 Å². The third-order valence-electron chi connectivity index (χ3n) is 3.75. The van der Waals surface area contributed by atoms with Gasteiger partial charge in [-0.1, -0.05) is 0 Å². The van der Waals surface area contributed by atoms with Crippen LogP contribution in [0.25, 0.3) is 0 Å². The molecule has 7 heteroatoms. The van der Waals surface area contributed by atoms with E-state index in [2.05, 4.69) is 10.6 Å². The number of amides is 2. The maximum atomic E-state index is 12.2. The highest BCUT2D eigenvalue weighted by Gasteiger charge is 2.10. The molecule has 0 radical (unpaired) electrons. The molecular weight excluding hydrogens is 376 g/mol. The Kier molecular flexibility index (Phi) is 8.07. The SMILES string of the molecule is CCOc1ccc(C(C)=O)cc1CSCC(=O)Nc1ccc(NC(C)=O)cc1. The van der Waals surface area contributed by atoms with Crippen molar-refractivity contribution < 1.29 is 19.1 Å². The number of carbonyl (C=O) groups excluding carboxylic acids is 3. The van der Waals surface area contributed by atoms with Crippen LogP contribution in [0.1, 0.15) is 36.7 Å². The van der Waals surface area contributed by atoms with Crippen molar-refractivity contribution in [2.24, 2.45) is 0 Å². The number of rotatable bonds is 9. The Hall–Kier alpha value is -2.80. The molecule has 0 atom stereocenters. The van der Waals surface area contributed by atoms with Gasteiger partial charge in [-0.15, -0.1) is 11.8 Å². The van der Waals surface area contributed by atoms with Crippen LogP contribution in [0, 0.1) is 0 Å². The first kappa shape index (κ1) is 21.5. The van der Waals surface area contributed by atoms with Crippen LogP contribution < -0.4 is 15.4 Å². The van der Waals surface area contributed by atoms with Crippen molar-refractivity contribution in [1.29, 1.82) is 0 Å². The third-order valence-corrected chi connectivity index (χ3v) is 4.73. The highest BCUT2D eigenvalue weighted by atomic mass is 32.2. The van der Waals surface area contributed by atoms with Crippen molar-refractivity contribution >= 4 is 40.7 Å². The monoisotopic (exact) mass is 400 g/mol. The summed E-state index contributed by atoms with van der Waals surface area (Å²) in [5, 5.41) is 5.49. The number of benzene rings is 2. The van der Waals surface area contributed by atoms with Crippen molar-refractivity contribution in [3.63, 3.8) is 0 Å². The van der Waals surface area contributed by atoms with Gasteiger partial charge in [-0.2, -0.15) is 0 Å². The second kappa shape index (κ2) is 10.5. The van der Waals surface area contributed by atoms with E-state index in [0.717, 1.165) is 11.3 Å². The zero-order chi connectivity index (χ0) is 20.5. The second-order valence-corrected chi connectivity index (χ2v) is 7.10. The molecule has 0 saturated carbocycles. The quantitative estimate of drug-likeness (QED) is 0.619. The lowest BCUT2D eigenvalue weighted by Crippen LogP contribution is -2.14. The van der Waals surface area contributed by atoms with Gasteiger partial charge in [0.15, 0.2) is 5.78 Å². The van der Waals surface area contributed by atoms with Crippen LogP contribution in [-0.2, 0) is 15.3 Å². The average molecular weight is 401 g/mol. The first-order valence-corrected chi connectivity index (χ1v) is 10.1. The van der Waals surface area contributed by atoms with Gasteiger partial charge in [0.2, 0.25) is 11.8 Å². The van der Waals surface area contributed by atoms with Crippen LogP contribution in [0.4, 0.5) is 11.4 Å². The molecule has 0 fully saturated rings. The third kappa shape index (κ3) is 6.74.